The molecule has 0 spiro atoms. The highest BCUT2D eigenvalue weighted by molar-refractivity contribution is 9.10. The number of tetrazole rings is 1. The van der Waals surface area contributed by atoms with Crippen molar-refractivity contribution in [2.24, 2.45) is 0 Å². The number of hydrogen-bond donors (Lipinski definition) is 1. The molecule has 3 aromatic rings. The largest absolute Gasteiger partial charge is 0.362 e. The van der Waals surface area contributed by atoms with E-state index in [9.17, 15) is 0 Å². The predicted molar refractivity (Wildman–Crippen MR) is 74.8 cm³/mol. The number of benzene rings is 1. The van der Waals surface area contributed by atoms with Crippen molar-refractivity contribution in [1.29, 1.82) is 0 Å². The minimum atomic E-state index is 0.129. The molecule has 96 valence electrons. The van der Waals surface area contributed by atoms with Crippen LogP contribution in [-0.4, -0.2) is 25.0 Å². The fourth-order valence-corrected chi connectivity index (χ4v) is 2.09. The second-order valence-corrected chi connectivity index (χ2v) is 5.07. The van der Waals surface area contributed by atoms with Gasteiger partial charge < -0.3 is 5.32 Å². The summed E-state index contributed by atoms with van der Waals surface area (Å²) in [4.78, 5) is 4.11. The smallest absolute Gasteiger partial charge is 0.199 e. The highest BCUT2D eigenvalue weighted by Crippen LogP contribution is 2.20. The van der Waals surface area contributed by atoms with Crippen molar-refractivity contribution >= 4 is 27.4 Å². The van der Waals surface area contributed by atoms with Gasteiger partial charge in [-0.05, 0) is 35.0 Å². The minimum absolute atomic E-state index is 0.129. The van der Waals surface area contributed by atoms with Crippen LogP contribution in [0.1, 0.15) is 18.5 Å². The maximum absolute atomic E-state index is 4.11. The number of anilines is 1. The Balaban J connectivity index is 1.88. The molecular weight excluding hydrogens is 308 g/mol. The number of nitrogens with one attached hydrogen (secondary N) is 1. The summed E-state index contributed by atoms with van der Waals surface area (Å²) in [7, 11) is 0. The fraction of sp³-hybridized carbons (Fsp3) is 0.167. The zero-order valence-electron chi connectivity index (χ0n) is 10.2. The molecular formula is C12H11BrN6. The molecule has 0 saturated heterocycles. The van der Waals surface area contributed by atoms with Crippen LogP contribution in [0, 0.1) is 0 Å². The van der Waals surface area contributed by atoms with Gasteiger partial charge in [0.05, 0.1) is 12.4 Å². The molecule has 1 unspecified atom stereocenters. The van der Waals surface area contributed by atoms with Gasteiger partial charge in [-0.15, -0.1) is 5.10 Å². The fourth-order valence-electron chi connectivity index (χ4n) is 1.83. The first-order chi connectivity index (χ1) is 9.24. The Kier molecular flexibility index (Phi) is 3.12. The van der Waals surface area contributed by atoms with Gasteiger partial charge in [-0.25, -0.2) is 0 Å². The lowest BCUT2D eigenvalue weighted by Crippen LogP contribution is -2.10. The van der Waals surface area contributed by atoms with Crippen LogP contribution in [-0.2, 0) is 0 Å². The standard InChI is InChI=1S/C12H11BrN6/c1-8(9-2-4-10(13)5-3-9)15-11-6-14-7-12-16-17-18-19(11)12/h2-8,15H,1H3. The molecule has 3 rings (SSSR count). The van der Waals surface area contributed by atoms with Crippen LogP contribution >= 0.6 is 15.9 Å². The summed E-state index contributed by atoms with van der Waals surface area (Å²) in [5.41, 5.74) is 1.79. The summed E-state index contributed by atoms with van der Waals surface area (Å²) in [6, 6.07) is 8.29. The Morgan fingerprint density at radius 3 is 2.79 bits per heavy atom. The van der Waals surface area contributed by atoms with Crippen molar-refractivity contribution in [3.8, 4) is 0 Å². The first-order valence-electron chi connectivity index (χ1n) is 5.78. The van der Waals surface area contributed by atoms with Crippen LogP contribution in [0.3, 0.4) is 0 Å². The monoisotopic (exact) mass is 318 g/mol. The SMILES string of the molecule is CC(Nc1cncc2nnnn12)c1ccc(Br)cc1. The van der Waals surface area contributed by atoms with Gasteiger partial charge >= 0.3 is 0 Å². The summed E-state index contributed by atoms with van der Waals surface area (Å²) in [6.45, 7) is 2.08. The summed E-state index contributed by atoms with van der Waals surface area (Å²) in [5.74, 6) is 0.762. The van der Waals surface area contributed by atoms with Crippen LogP contribution in [0.5, 0.6) is 0 Å². The van der Waals surface area contributed by atoms with Crippen LogP contribution < -0.4 is 5.32 Å². The van der Waals surface area contributed by atoms with Gasteiger partial charge in [0.15, 0.2) is 11.5 Å². The van der Waals surface area contributed by atoms with Crippen LogP contribution in [0.25, 0.3) is 5.65 Å². The lowest BCUT2D eigenvalue weighted by Gasteiger charge is -2.15. The van der Waals surface area contributed by atoms with E-state index >= 15 is 0 Å². The second kappa shape index (κ2) is 4.93. The van der Waals surface area contributed by atoms with Gasteiger partial charge in [-0.1, -0.05) is 28.1 Å². The van der Waals surface area contributed by atoms with Crippen molar-refractivity contribution in [3.63, 3.8) is 0 Å². The number of rotatable bonds is 3. The molecule has 0 bridgehead atoms. The number of aromatic nitrogens is 5. The first kappa shape index (κ1) is 12.0. The third-order valence-corrected chi connectivity index (χ3v) is 3.37. The lowest BCUT2D eigenvalue weighted by atomic mass is 10.1. The third kappa shape index (κ3) is 2.41. The van der Waals surface area contributed by atoms with Gasteiger partial charge in [0.2, 0.25) is 0 Å². The van der Waals surface area contributed by atoms with E-state index in [1.807, 2.05) is 12.1 Å². The van der Waals surface area contributed by atoms with Crippen LogP contribution in [0.2, 0.25) is 0 Å². The molecule has 1 N–H and O–H groups in total. The van der Waals surface area contributed by atoms with E-state index in [1.165, 1.54) is 5.56 Å². The average Bonchev–Trinajstić information content (AvgIpc) is 2.89. The Morgan fingerprint density at radius 2 is 2.00 bits per heavy atom. The van der Waals surface area contributed by atoms with Crippen molar-refractivity contribution in [2.75, 3.05) is 5.32 Å². The molecule has 0 aliphatic rings. The topological polar surface area (TPSA) is 68.0 Å². The zero-order valence-corrected chi connectivity index (χ0v) is 11.7. The second-order valence-electron chi connectivity index (χ2n) is 4.16. The Bertz CT molecular complexity index is 693. The Hall–Kier alpha value is -2.02. The van der Waals surface area contributed by atoms with Crippen molar-refractivity contribution < 1.29 is 0 Å². The van der Waals surface area contributed by atoms with Crippen molar-refractivity contribution in [1.82, 2.24) is 25.0 Å². The first-order valence-corrected chi connectivity index (χ1v) is 6.57. The molecule has 0 radical (unpaired) electrons. The summed E-state index contributed by atoms with van der Waals surface area (Å²) in [5, 5.41) is 14.8. The lowest BCUT2D eigenvalue weighted by molar-refractivity contribution is 0.796. The van der Waals surface area contributed by atoms with E-state index in [0.29, 0.717) is 5.65 Å². The molecule has 0 amide bonds. The van der Waals surface area contributed by atoms with E-state index in [0.717, 1.165) is 10.3 Å². The number of fused-ring (bicyclic) bond motifs is 1. The van der Waals surface area contributed by atoms with Crippen molar-refractivity contribution in [2.45, 2.75) is 13.0 Å². The number of halogens is 1. The maximum atomic E-state index is 4.11. The van der Waals surface area contributed by atoms with E-state index in [1.54, 1.807) is 16.9 Å². The summed E-state index contributed by atoms with van der Waals surface area (Å²) in [6.07, 6.45) is 3.33. The third-order valence-electron chi connectivity index (χ3n) is 2.84. The zero-order chi connectivity index (χ0) is 13.2. The van der Waals surface area contributed by atoms with E-state index in [4.69, 9.17) is 0 Å². The Morgan fingerprint density at radius 1 is 1.21 bits per heavy atom. The minimum Gasteiger partial charge on any atom is -0.362 e. The average molecular weight is 319 g/mol. The Labute approximate surface area is 118 Å². The molecule has 0 aliphatic heterocycles. The molecule has 6 nitrogen and oxygen atoms in total. The molecule has 1 atom stereocenters. The van der Waals surface area contributed by atoms with Gasteiger partial charge in [-0.3, -0.25) is 4.98 Å². The molecule has 19 heavy (non-hydrogen) atoms. The van der Waals surface area contributed by atoms with Gasteiger partial charge in [0, 0.05) is 10.5 Å². The molecule has 7 heteroatoms. The number of nitrogens with zero attached hydrogens (tertiary/aromatic N) is 5. The molecule has 2 heterocycles. The molecule has 2 aromatic heterocycles. The van der Waals surface area contributed by atoms with Gasteiger partial charge in [0.25, 0.3) is 0 Å². The predicted octanol–water partition coefficient (Wildman–Crippen LogP) is 2.45. The molecule has 1 aromatic carbocycles. The summed E-state index contributed by atoms with van der Waals surface area (Å²) >= 11 is 3.43. The van der Waals surface area contributed by atoms with Crippen LogP contribution in [0.4, 0.5) is 5.82 Å². The maximum Gasteiger partial charge on any atom is 0.199 e. The highest BCUT2D eigenvalue weighted by atomic mass is 79.9. The van der Waals surface area contributed by atoms with E-state index in [2.05, 4.69) is 60.8 Å². The normalized spacial score (nSPS) is 12.5. The van der Waals surface area contributed by atoms with E-state index in [-0.39, 0.29) is 6.04 Å². The highest BCUT2D eigenvalue weighted by Gasteiger charge is 2.09. The number of hydrogen-bond acceptors (Lipinski definition) is 5. The van der Waals surface area contributed by atoms with Gasteiger partial charge in [0.1, 0.15) is 0 Å². The van der Waals surface area contributed by atoms with Crippen LogP contribution in [0.15, 0.2) is 41.1 Å². The molecule has 0 fully saturated rings. The molecule has 0 aliphatic carbocycles. The van der Waals surface area contributed by atoms with Crippen molar-refractivity contribution in [3.05, 3.63) is 46.7 Å². The quantitative estimate of drug-likeness (QED) is 0.803. The molecule has 0 saturated carbocycles. The van der Waals surface area contributed by atoms with E-state index < -0.39 is 0 Å². The van der Waals surface area contributed by atoms with Gasteiger partial charge in [-0.2, -0.15) is 4.52 Å². The summed E-state index contributed by atoms with van der Waals surface area (Å²) < 4.78 is 2.69.